The van der Waals surface area contributed by atoms with Gasteiger partial charge in [0.1, 0.15) is 0 Å². The molecule has 134 valence electrons. The van der Waals surface area contributed by atoms with Crippen LogP contribution in [-0.4, -0.2) is 43.1 Å². The van der Waals surface area contributed by atoms with Gasteiger partial charge in [-0.05, 0) is 51.1 Å². The molecule has 1 unspecified atom stereocenters. The van der Waals surface area contributed by atoms with Crippen LogP contribution >= 0.6 is 22.9 Å². The van der Waals surface area contributed by atoms with Gasteiger partial charge < -0.3 is 9.80 Å². The lowest BCUT2D eigenvalue weighted by molar-refractivity contribution is 0.315. The van der Waals surface area contributed by atoms with Crippen LogP contribution < -0.4 is 4.90 Å². The standard InChI is InChI=1S/C20H26ClN3S/c1-23(2)17-9-12-24(13-17)19-22-18(14-25-19)20(10-3-4-11-20)15-5-7-16(21)8-6-15/h5-8,14,17H,3-4,9-13H2,1-2H3. The summed E-state index contributed by atoms with van der Waals surface area (Å²) in [6, 6.07) is 9.08. The van der Waals surface area contributed by atoms with E-state index in [2.05, 4.69) is 41.4 Å². The first-order valence-electron chi connectivity index (χ1n) is 9.22. The molecule has 1 aliphatic heterocycles. The van der Waals surface area contributed by atoms with E-state index >= 15 is 0 Å². The monoisotopic (exact) mass is 375 g/mol. The Bertz CT molecular complexity index is 719. The summed E-state index contributed by atoms with van der Waals surface area (Å²) in [5, 5.41) is 4.31. The molecule has 1 aromatic carbocycles. The molecular formula is C20H26ClN3S. The van der Waals surface area contributed by atoms with Crippen LogP contribution in [0.2, 0.25) is 5.02 Å². The van der Waals surface area contributed by atoms with Crippen LogP contribution in [-0.2, 0) is 5.41 Å². The van der Waals surface area contributed by atoms with Crippen molar-refractivity contribution in [1.29, 1.82) is 0 Å². The van der Waals surface area contributed by atoms with Crippen molar-refractivity contribution in [2.24, 2.45) is 0 Å². The summed E-state index contributed by atoms with van der Waals surface area (Å²) in [5.74, 6) is 0. The zero-order valence-corrected chi connectivity index (χ0v) is 16.6. The average Bonchev–Trinajstić information content (AvgIpc) is 3.34. The number of nitrogens with zero attached hydrogens (tertiary/aromatic N) is 3. The molecule has 0 N–H and O–H groups in total. The lowest BCUT2D eigenvalue weighted by atomic mass is 9.76. The number of thiazole rings is 1. The molecule has 1 saturated carbocycles. The van der Waals surface area contributed by atoms with Gasteiger partial charge in [0.15, 0.2) is 5.13 Å². The lowest BCUT2D eigenvalue weighted by Crippen LogP contribution is -2.31. The van der Waals surface area contributed by atoms with E-state index in [4.69, 9.17) is 16.6 Å². The van der Waals surface area contributed by atoms with Gasteiger partial charge >= 0.3 is 0 Å². The molecule has 0 radical (unpaired) electrons. The van der Waals surface area contributed by atoms with Crippen molar-refractivity contribution >= 4 is 28.1 Å². The van der Waals surface area contributed by atoms with Gasteiger partial charge in [-0.1, -0.05) is 36.6 Å². The average molecular weight is 376 g/mol. The summed E-state index contributed by atoms with van der Waals surface area (Å²) in [6.07, 6.45) is 6.17. The highest BCUT2D eigenvalue weighted by atomic mass is 35.5. The van der Waals surface area contributed by atoms with Crippen molar-refractivity contribution in [2.75, 3.05) is 32.1 Å². The van der Waals surface area contributed by atoms with Gasteiger partial charge in [-0.3, -0.25) is 0 Å². The largest absolute Gasteiger partial charge is 0.346 e. The van der Waals surface area contributed by atoms with E-state index in [-0.39, 0.29) is 5.41 Å². The maximum atomic E-state index is 6.11. The van der Waals surface area contributed by atoms with Gasteiger partial charge in [-0.15, -0.1) is 11.3 Å². The maximum absolute atomic E-state index is 6.11. The molecule has 2 aromatic rings. The molecule has 25 heavy (non-hydrogen) atoms. The van der Waals surface area contributed by atoms with Crippen molar-refractivity contribution in [2.45, 2.75) is 43.6 Å². The van der Waals surface area contributed by atoms with Crippen LogP contribution in [0.5, 0.6) is 0 Å². The molecule has 2 aliphatic rings. The molecule has 3 nitrogen and oxygen atoms in total. The van der Waals surface area contributed by atoms with Crippen molar-refractivity contribution in [3.05, 3.63) is 45.9 Å². The molecule has 2 heterocycles. The Morgan fingerprint density at radius 2 is 1.92 bits per heavy atom. The molecule has 0 bridgehead atoms. The quantitative estimate of drug-likeness (QED) is 0.765. The summed E-state index contributed by atoms with van der Waals surface area (Å²) >= 11 is 7.93. The van der Waals surface area contributed by atoms with Crippen LogP contribution in [0.3, 0.4) is 0 Å². The number of hydrogen-bond acceptors (Lipinski definition) is 4. The van der Waals surface area contributed by atoms with Crippen molar-refractivity contribution in [1.82, 2.24) is 9.88 Å². The van der Waals surface area contributed by atoms with Gasteiger partial charge in [-0.25, -0.2) is 4.98 Å². The first kappa shape index (κ1) is 17.3. The minimum absolute atomic E-state index is 0.0833. The Hall–Kier alpha value is -1.10. The number of aromatic nitrogens is 1. The summed E-state index contributed by atoms with van der Waals surface area (Å²) in [6.45, 7) is 2.21. The maximum Gasteiger partial charge on any atom is 0.185 e. The minimum Gasteiger partial charge on any atom is -0.346 e. The minimum atomic E-state index is 0.0833. The summed E-state index contributed by atoms with van der Waals surface area (Å²) < 4.78 is 0. The van der Waals surface area contributed by atoms with E-state index in [1.54, 1.807) is 0 Å². The fourth-order valence-corrected chi connectivity index (χ4v) is 5.49. The van der Waals surface area contributed by atoms with E-state index < -0.39 is 0 Å². The number of rotatable bonds is 4. The van der Waals surface area contributed by atoms with Crippen LogP contribution in [0.15, 0.2) is 29.6 Å². The van der Waals surface area contributed by atoms with Gasteiger partial charge in [0.25, 0.3) is 0 Å². The Kier molecular flexibility index (Phi) is 4.78. The van der Waals surface area contributed by atoms with Crippen LogP contribution in [0, 0.1) is 0 Å². The Labute approximate surface area is 159 Å². The van der Waals surface area contributed by atoms with Gasteiger partial charge in [0, 0.05) is 34.9 Å². The first-order valence-corrected chi connectivity index (χ1v) is 10.5. The third-order valence-electron chi connectivity index (χ3n) is 6.00. The van der Waals surface area contributed by atoms with Crippen LogP contribution in [0.1, 0.15) is 43.4 Å². The highest BCUT2D eigenvalue weighted by Crippen LogP contribution is 2.47. The van der Waals surface area contributed by atoms with E-state index in [0.29, 0.717) is 6.04 Å². The second-order valence-electron chi connectivity index (χ2n) is 7.66. The summed E-state index contributed by atoms with van der Waals surface area (Å²) in [7, 11) is 4.35. The van der Waals surface area contributed by atoms with E-state index in [1.165, 1.54) is 48.5 Å². The third-order valence-corrected chi connectivity index (χ3v) is 7.15. The molecule has 1 aromatic heterocycles. The molecule has 4 rings (SSSR count). The fraction of sp³-hybridized carbons (Fsp3) is 0.550. The summed E-state index contributed by atoms with van der Waals surface area (Å²) in [4.78, 5) is 9.93. The molecule has 1 saturated heterocycles. The zero-order chi connectivity index (χ0) is 17.4. The molecule has 0 spiro atoms. The molecule has 1 aliphatic carbocycles. The van der Waals surface area contributed by atoms with Crippen LogP contribution in [0.4, 0.5) is 5.13 Å². The second kappa shape index (κ2) is 6.90. The molecule has 5 heteroatoms. The zero-order valence-electron chi connectivity index (χ0n) is 15.0. The predicted octanol–water partition coefficient (Wildman–Crippen LogP) is 4.80. The van der Waals surface area contributed by atoms with Gasteiger partial charge in [0.05, 0.1) is 5.69 Å². The Morgan fingerprint density at radius 1 is 1.20 bits per heavy atom. The molecule has 1 atom stereocenters. The number of anilines is 1. The van der Waals surface area contributed by atoms with E-state index in [9.17, 15) is 0 Å². The van der Waals surface area contributed by atoms with E-state index in [0.717, 1.165) is 18.1 Å². The SMILES string of the molecule is CN(C)C1CCN(c2nc(C3(c4ccc(Cl)cc4)CCCC3)cs2)C1. The molecule has 0 amide bonds. The van der Waals surface area contributed by atoms with Gasteiger partial charge in [0.2, 0.25) is 0 Å². The second-order valence-corrected chi connectivity index (χ2v) is 8.94. The molecule has 2 fully saturated rings. The third kappa shape index (κ3) is 3.20. The topological polar surface area (TPSA) is 19.4 Å². The van der Waals surface area contributed by atoms with Crippen LogP contribution in [0.25, 0.3) is 0 Å². The highest BCUT2D eigenvalue weighted by molar-refractivity contribution is 7.13. The Balaban J connectivity index is 1.62. The van der Waals surface area contributed by atoms with Crippen molar-refractivity contribution < 1.29 is 0 Å². The number of benzene rings is 1. The van der Waals surface area contributed by atoms with Crippen molar-refractivity contribution in [3.63, 3.8) is 0 Å². The Morgan fingerprint density at radius 3 is 2.56 bits per heavy atom. The summed E-state index contributed by atoms with van der Waals surface area (Å²) in [5.41, 5.74) is 2.72. The van der Waals surface area contributed by atoms with E-state index in [1.807, 2.05) is 23.5 Å². The smallest absolute Gasteiger partial charge is 0.185 e. The van der Waals surface area contributed by atoms with Gasteiger partial charge in [-0.2, -0.15) is 0 Å². The highest BCUT2D eigenvalue weighted by Gasteiger charge is 2.40. The normalized spacial score (nSPS) is 22.9. The molecular weight excluding hydrogens is 350 g/mol. The predicted molar refractivity (Wildman–Crippen MR) is 107 cm³/mol. The number of hydrogen-bond donors (Lipinski definition) is 0. The number of likely N-dealkylation sites (N-methyl/N-ethyl adjacent to an activating group) is 1. The number of halogens is 1. The lowest BCUT2D eigenvalue weighted by Gasteiger charge is -2.28. The fourth-order valence-electron chi connectivity index (χ4n) is 4.41. The van der Waals surface area contributed by atoms with Crippen molar-refractivity contribution in [3.8, 4) is 0 Å². The first-order chi connectivity index (χ1) is 12.1.